The van der Waals surface area contributed by atoms with Crippen molar-refractivity contribution in [3.05, 3.63) is 46.6 Å². The summed E-state index contributed by atoms with van der Waals surface area (Å²) >= 11 is 12.9. The maximum absolute atomic E-state index is 11.8. The van der Waals surface area contributed by atoms with Gasteiger partial charge in [0.15, 0.2) is 12.4 Å². The van der Waals surface area contributed by atoms with Crippen LogP contribution in [-0.4, -0.2) is 36.3 Å². The Balaban J connectivity index is 1.74. The normalized spacial score (nSPS) is 10.2. The second-order valence-electron chi connectivity index (χ2n) is 4.66. The number of hydrogen-bond acceptors (Lipinski definition) is 6. The van der Waals surface area contributed by atoms with Crippen LogP contribution < -0.4 is 10.1 Å². The van der Waals surface area contributed by atoms with Gasteiger partial charge < -0.3 is 14.8 Å². The molecular formula is C16H14Cl2N2O4S. The maximum atomic E-state index is 11.8. The maximum Gasteiger partial charge on any atom is 0.316 e. The Labute approximate surface area is 158 Å². The number of thioether (sulfide) groups is 1. The fraction of sp³-hybridized carbons (Fsp3) is 0.188. The van der Waals surface area contributed by atoms with Crippen molar-refractivity contribution >= 4 is 52.7 Å². The van der Waals surface area contributed by atoms with Crippen LogP contribution in [0.15, 0.2) is 41.4 Å². The molecule has 0 saturated heterocycles. The second kappa shape index (κ2) is 9.50. The molecular weight excluding hydrogens is 387 g/mol. The van der Waals surface area contributed by atoms with Gasteiger partial charge in [-0.05, 0) is 30.3 Å². The summed E-state index contributed by atoms with van der Waals surface area (Å²) in [5.41, 5.74) is 0. The predicted octanol–water partition coefficient (Wildman–Crippen LogP) is 3.67. The van der Waals surface area contributed by atoms with Crippen LogP contribution in [0.5, 0.6) is 5.75 Å². The van der Waals surface area contributed by atoms with Crippen LogP contribution in [0.1, 0.15) is 0 Å². The van der Waals surface area contributed by atoms with Gasteiger partial charge in [-0.1, -0.05) is 23.2 Å². The summed E-state index contributed by atoms with van der Waals surface area (Å²) in [5.74, 6) is -0.0806. The number of amides is 1. The van der Waals surface area contributed by atoms with E-state index in [1.807, 2.05) is 12.1 Å². The molecule has 1 aromatic heterocycles. The van der Waals surface area contributed by atoms with Crippen molar-refractivity contribution in [1.29, 1.82) is 0 Å². The molecule has 1 amide bonds. The Morgan fingerprint density at radius 1 is 1.24 bits per heavy atom. The molecule has 1 N–H and O–H groups in total. The molecule has 132 valence electrons. The smallest absolute Gasteiger partial charge is 0.316 e. The number of aromatic nitrogens is 1. The number of nitrogens with zero attached hydrogens (tertiary/aromatic N) is 1. The van der Waals surface area contributed by atoms with Crippen molar-refractivity contribution in [2.45, 2.75) is 4.90 Å². The van der Waals surface area contributed by atoms with Crippen LogP contribution in [0, 0.1) is 0 Å². The molecule has 1 aromatic carbocycles. The van der Waals surface area contributed by atoms with Gasteiger partial charge in [0.2, 0.25) is 0 Å². The van der Waals surface area contributed by atoms with E-state index in [0.717, 1.165) is 10.6 Å². The minimum atomic E-state index is -0.542. The third kappa shape index (κ3) is 6.45. The average Bonchev–Trinajstić information content (AvgIpc) is 2.61. The molecule has 0 unspecified atom stereocenters. The van der Waals surface area contributed by atoms with E-state index in [-0.39, 0.29) is 16.6 Å². The van der Waals surface area contributed by atoms with Gasteiger partial charge in [0, 0.05) is 11.1 Å². The first-order valence-electron chi connectivity index (χ1n) is 7.01. The third-order valence-corrected chi connectivity index (χ3v) is 4.33. The molecule has 0 aliphatic heterocycles. The first-order chi connectivity index (χ1) is 12.0. The molecule has 1 heterocycles. The van der Waals surface area contributed by atoms with Crippen molar-refractivity contribution in [2.75, 3.05) is 24.8 Å². The van der Waals surface area contributed by atoms with Gasteiger partial charge in [-0.2, -0.15) is 0 Å². The molecule has 0 bridgehead atoms. The zero-order valence-electron chi connectivity index (χ0n) is 13.1. The lowest BCUT2D eigenvalue weighted by Crippen LogP contribution is -2.22. The van der Waals surface area contributed by atoms with Crippen LogP contribution in [0.2, 0.25) is 10.0 Å². The Morgan fingerprint density at radius 2 is 1.96 bits per heavy atom. The number of ether oxygens (including phenoxy) is 2. The first kappa shape index (κ1) is 19.4. The highest BCUT2D eigenvalue weighted by Crippen LogP contribution is 2.23. The van der Waals surface area contributed by atoms with Gasteiger partial charge in [-0.3, -0.25) is 9.59 Å². The van der Waals surface area contributed by atoms with Gasteiger partial charge in [-0.15, -0.1) is 11.8 Å². The number of hydrogen-bond donors (Lipinski definition) is 1. The lowest BCUT2D eigenvalue weighted by molar-refractivity contribution is -0.144. The van der Waals surface area contributed by atoms with Crippen molar-refractivity contribution in [3.63, 3.8) is 0 Å². The van der Waals surface area contributed by atoms with Crippen LogP contribution in [0.4, 0.5) is 5.82 Å². The monoisotopic (exact) mass is 400 g/mol. The highest BCUT2D eigenvalue weighted by Gasteiger charge is 2.11. The van der Waals surface area contributed by atoms with E-state index in [2.05, 4.69) is 10.3 Å². The summed E-state index contributed by atoms with van der Waals surface area (Å²) in [7, 11) is 1.58. The molecule has 2 aromatic rings. The number of esters is 1. The minimum Gasteiger partial charge on any atom is -0.497 e. The number of benzene rings is 1. The minimum absolute atomic E-state index is 0.0829. The number of carbonyl (C=O) groups excluding carboxylic acids is 2. The van der Waals surface area contributed by atoms with E-state index >= 15 is 0 Å². The van der Waals surface area contributed by atoms with Crippen LogP contribution >= 0.6 is 35.0 Å². The zero-order chi connectivity index (χ0) is 18.2. The van der Waals surface area contributed by atoms with Crippen molar-refractivity contribution in [1.82, 2.24) is 4.98 Å². The number of carbonyl (C=O) groups is 2. The highest BCUT2D eigenvalue weighted by atomic mass is 35.5. The van der Waals surface area contributed by atoms with Crippen LogP contribution in [0.25, 0.3) is 0 Å². The lowest BCUT2D eigenvalue weighted by atomic mass is 10.3. The van der Waals surface area contributed by atoms with E-state index in [0.29, 0.717) is 5.02 Å². The van der Waals surface area contributed by atoms with E-state index in [9.17, 15) is 9.59 Å². The van der Waals surface area contributed by atoms with E-state index in [4.69, 9.17) is 32.7 Å². The largest absolute Gasteiger partial charge is 0.497 e. The zero-order valence-corrected chi connectivity index (χ0v) is 15.5. The summed E-state index contributed by atoms with van der Waals surface area (Å²) in [6.45, 7) is -0.428. The Kier molecular flexibility index (Phi) is 7.36. The molecule has 2 rings (SSSR count). The van der Waals surface area contributed by atoms with Crippen molar-refractivity contribution in [3.8, 4) is 5.75 Å². The summed E-state index contributed by atoms with van der Waals surface area (Å²) in [5, 5.41) is 2.99. The second-order valence-corrected chi connectivity index (χ2v) is 6.55. The molecule has 25 heavy (non-hydrogen) atoms. The third-order valence-electron chi connectivity index (χ3n) is 2.85. The molecule has 0 aliphatic rings. The summed E-state index contributed by atoms with van der Waals surface area (Å²) in [4.78, 5) is 28.2. The Hall–Kier alpha value is -1.96. The van der Waals surface area contributed by atoms with E-state index in [1.54, 1.807) is 19.2 Å². The number of rotatable bonds is 7. The molecule has 0 aliphatic carbocycles. The van der Waals surface area contributed by atoms with Crippen molar-refractivity contribution < 1.29 is 19.1 Å². The summed E-state index contributed by atoms with van der Waals surface area (Å²) < 4.78 is 9.97. The quantitative estimate of drug-likeness (QED) is 0.564. The summed E-state index contributed by atoms with van der Waals surface area (Å²) in [6, 6.07) is 8.70. The molecule has 6 nitrogen and oxygen atoms in total. The lowest BCUT2D eigenvalue weighted by Gasteiger charge is -2.07. The van der Waals surface area contributed by atoms with Gasteiger partial charge >= 0.3 is 5.97 Å². The van der Waals surface area contributed by atoms with Gasteiger partial charge in [-0.25, -0.2) is 4.98 Å². The molecule has 0 fully saturated rings. The van der Waals surface area contributed by atoms with Crippen LogP contribution in [0.3, 0.4) is 0 Å². The van der Waals surface area contributed by atoms with E-state index in [1.165, 1.54) is 24.0 Å². The fourth-order valence-corrected chi connectivity index (χ4v) is 2.80. The number of halogens is 2. The average molecular weight is 401 g/mol. The summed E-state index contributed by atoms with van der Waals surface area (Å²) in [6.07, 6.45) is 1.35. The van der Waals surface area contributed by atoms with E-state index < -0.39 is 18.5 Å². The standard InChI is InChI=1S/C16H14Cl2N2O4S/c1-23-11-2-4-12(5-3-11)25-9-15(22)24-8-14(21)20-16-13(18)6-10(17)7-19-16/h2-7H,8-9H2,1H3,(H,19,20,21). The van der Waals surface area contributed by atoms with Gasteiger partial charge in [0.05, 0.1) is 22.9 Å². The molecule has 0 saturated carbocycles. The predicted molar refractivity (Wildman–Crippen MR) is 97.6 cm³/mol. The Bertz CT molecular complexity index is 756. The number of anilines is 1. The van der Waals surface area contributed by atoms with Crippen LogP contribution in [-0.2, 0) is 14.3 Å². The van der Waals surface area contributed by atoms with Crippen molar-refractivity contribution in [2.24, 2.45) is 0 Å². The number of nitrogens with one attached hydrogen (secondary N) is 1. The van der Waals surface area contributed by atoms with Gasteiger partial charge in [0.1, 0.15) is 5.75 Å². The van der Waals surface area contributed by atoms with Gasteiger partial charge in [0.25, 0.3) is 5.91 Å². The first-order valence-corrected chi connectivity index (χ1v) is 8.75. The Morgan fingerprint density at radius 3 is 2.60 bits per heavy atom. The molecule has 0 atom stereocenters. The number of pyridine rings is 1. The number of methoxy groups -OCH3 is 1. The SMILES string of the molecule is COc1ccc(SCC(=O)OCC(=O)Nc2ncc(Cl)cc2Cl)cc1. The topological polar surface area (TPSA) is 77.5 Å². The molecule has 0 spiro atoms. The highest BCUT2D eigenvalue weighted by molar-refractivity contribution is 8.00. The molecule has 0 radical (unpaired) electrons. The molecule has 9 heteroatoms. The fourth-order valence-electron chi connectivity index (χ4n) is 1.68.